The summed E-state index contributed by atoms with van der Waals surface area (Å²) in [6.45, 7) is 1.66. The molecule has 102 valence electrons. The predicted molar refractivity (Wildman–Crippen MR) is 78.6 cm³/mol. The van der Waals surface area contributed by atoms with Crippen molar-refractivity contribution in [3.05, 3.63) is 41.5 Å². The molecule has 1 aromatic carbocycles. The van der Waals surface area contributed by atoms with Gasteiger partial charge in [-0.3, -0.25) is 4.79 Å². The number of thiol groups is 1. The van der Waals surface area contributed by atoms with Crippen molar-refractivity contribution in [1.82, 2.24) is 4.90 Å². The van der Waals surface area contributed by atoms with E-state index in [1.807, 2.05) is 29.2 Å². The Labute approximate surface area is 119 Å². The lowest BCUT2D eigenvalue weighted by Gasteiger charge is -2.20. The molecule has 1 amide bonds. The molecule has 0 atom stereocenters. The summed E-state index contributed by atoms with van der Waals surface area (Å²) < 4.78 is 0. The maximum atomic E-state index is 12.4. The van der Waals surface area contributed by atoms with E-state index < -0.39 is 0 Å². The number of nitrogens with zero attached hydrogens (tertiary/aromatic N) is 1. The van der Waals surface area contributed by atoms with Crippen molar-refractivity contribution in [3.8, 4) is 0 Å². The minimum absolute atomic E-state index is 0.0759. The summed E-state index contributed by atoms with van der Waals surface area (Å²) in [4.78, 5) is 15.1. The van der Waals surface area contributed by atoms with Crippen LogP contribution in [0.3, 0.4) is 0 Å². The highest BCUT2D eigenvalue weighted by atomic mass is 32.1. The number of rotatable bonds is 3. The number of hydrogen-bond acceptors (Lipinski definition) is 3. The first-order chi connectivity index (χ1) is 9.20. The zero-order chi connectivity index (χ0) is 13.7. The summed E-state index contributed by atoms with van der Waals surface area (Å²) in [5, 5.41) is 8.96. The molecule has 1 aliphatic rings. The quantitative estimate of drug-likeness (QED) is 0.658. The first-order valence-corrected chi connectivity index (χ1v) is 7.02. The normalized spacial score (nSPS) is 15.9. The van der Waals surface area contributed by atoms with E-state index in [1.165, 1.54) is 5.57 Å². The summed E-state index contributed by atoms with van der Waals surface area (Å²) in [7, 11) is 0. The number of hydrogen-bond donors (Lipinski definition) is 2. The van der Waals surface area contributed by atoms with E-state index in [2.05, 4.69) is 18.7 Å². The van der Waals surface area contributed by atoms with Crippen LogP contribution in [0.5, 0.6) is 0 Å². The molecule has 19 heavy (non-hydrogen) atoms. The van der Waals surface area contributed by atoms with Gasteiger partial charge in [0.25, 0.3) is 5.91 Å². The van der Waals surface area contributed by atoms with E-state index in [4.69, 9.17) is 5.11 Å². The van der Waals surface area contributed by atoms with Crippen molar-refractivity contribution >= 4 is 18.5 Å². The Kier molecular flexibility index (Phi) is 5.05. The molecule has 1 N–H and O–H groups in total. The van der Waals surface area contributed by atoms with Crippen LogP contribution in [-0.4, -0.2) is 35.6 Å². The van der Waals surface area contributed by atoms with Crippen LogP contribution in [0.15, 0.2) is 40.8 Å². The van der Waals surface area contributed by atoms with Crippen LogP contribution in [0.25, 0.3) is 0 Å². The van der Waals surface area contributed by atoms with Crippen LogP contribution in [0.4, 0.5) is 0 Å². The van der Waals surface area contributed by atoms with Crippen molar-refractivity contribution in [2.24, 2.45) is 0 Å². The number of benzene rings is 1. The summed E-state index contributed by atoms with van der Waals surface area (Å²) >= 11 is 4.22. The maximum Gasteiger partial charge on any atom is 0.253 e. The average molecular weight is 277 g/mol. The van der Waals surface area contributed by atoms with Gasteiger partial charge in [0.1, 0.15) is 0 Å². The van der Waals surface area contributed by atoms with Gasteiger partial charge in [0.15, 0.2) is 0 Å². The molecule has 1 heterocycles. The number of amides is 1. The Morgan fingerprint density at radius 2 is 2.00 bits per heavy atom. The van der Waals surface area contributed by atoms with Crippen LogP contribution in [0.1, 0.15) is 29.6 Å². The number of carbonyl (C=O) groups excluding carboxylic acids is 1. The van der Waals surface area contributed by atoms with Gasteiger partial charge in [-0.2, -0.15) is 0 Å². The van der Waals surface area contributed by atoms with Gasteiger partial charge in [0.2, 0.25) is 0 Å². The highest BCUT2D eigenvalue weighted by Gasteiger charge is 2.17. The van der Waals surface area contributed by atoms with E-state index in [9.17, 15) is 4.79 Å². The second kappa shape index (κ2) is 6.78. The highest BCUT2D eigenvalue weighted by molar-refractivity contribution is 7.80. The molecule has 1 aromatic rings. The van der Waals surface area contributed by atoms with E-state index >= 15 is 0 Å². The number of carbonyl (C=O) groups is 1. The third kappa shape index (κ3) is 3.85. The lowest BCUT2D eigenvalue weighted by atomic mass is 10.1. The molecular formula is C15H19NO2S. The van der Waals surface area contributed by atoms with Crippen LogP contribution < -0.4 is 0 Å². The van der Waals surface area contributed by atoms with Crippen molar-refractivity contribution in [2.75, 3.05) is 19.7 Å². The second-order valence-corrected chi connectivity index (χ2v) is 5.23. The molecule has 0 saturated carbocycles. The predicted octanol–water partition coefficient (Wildman–Crippen LogP) is 2.52. The van der Waals surface area contributed by atoms with Gasteiger partial charge in [-0.1, -0.05) is 11.6 Å². The third-order valence-electron chi connectivity index (χ3n) is 3.37. The van der Waals surface area contributed by atoms with Gasteiger partial charge in [-0.15, -0.1) is 12.6 Å². The van der Waals surface area contributed by atoms with Crippen LogP contribution in [0.2, 0.25) is 0 Å². The summed E-state index contributed by atoms with van der Waals surface area (Å²) in [6.07, 6.45) is 4.60. The van der Waals surface area contributed by atoms with Gasteiger partial charge in [-0.05, 0) is 43.5 Å². The second-order valence-electron chi connectivity index (χ2n) is 4.71. The van der Waals surface area contributed by atoms with Crippen molar-refractivity contribution in [3.63, 3.8) is 0 Å². The first-order valence-electron chi connectivity index (χ1n) is 6.58. The standard InChI is InChI=1S/C15H19NO2S/c17-11-8-12-2-1-9-16(10-7-12)15(18)13-3-5-14(19)6-4-13/h2-6,17,19H,1,7-11H2. The average Bonchev–Trinajstić information content (AvgIpc) is 2.65. The largest absolute Gasteiger partial charge is 0.396 e. The molecule has 0 aliphatic carbocycles. The van der Waals surface area contributed by atoms with Crippen molar-refractivity contribution in [1.29, 1.82) is 0 Å². The number of aliphatic hydroxyl groups is 1. The van der Waals surface area contributed by atoms with Crippen LogP contribution in [0, 0.1) is 0 Å². The smallest absolute Gasteiger partial charge is 0.253 e. The first kappa shape index (κ1) is 14.2. The molecule has 4 heteroatoms. The van der Waals surface area contributed by atoms with Gasteiger partial charge in [0.05, 0.1) is 0 Å². The lowest BCUT2D eigenvalue weighted by molar-refractivity contribution is 0.0763. The fourth-order valence-corrected chi connectivity index (χ4v) is 2.43. The fourth-order valence-electron chi connectivity index (χ4n) is 2.28. The number of aliphatic hydroxyl groups excluding tert-OH is 1. The molecule has 0 spiro atoms. The monoisotopic (exact) mass is 277 g/mol. The Morgan fingerprint density at radius 3 is 2.68 bits per heavy atom. The van der Waals surface area contributed by atoms with Crippen molar-refractivity contribution < 1.29 is 9.90 Å². The van der Waals surface area contributed by atoms with Crippen LogP contribution >= 0.6 is 12.6 Å². The lowest BCUT2D eigenvalue weighted by Crippen LogP contribution is -2.32. The van der Waals surface area contributed by atoms with Gasteiger partial charge in [0, 0.05) is 30.2 Å². The zero-order valence-corrected chi connectivity index (χ0v) is 11.8. The van der Waals surface area contributed by atoms with Crippen molar-refractivity contribution in [2.45, 2.75) is 24.2 Å². The van der Waals surface area contributed by atoms with E-state index in [0.29, 0.717) is 5.56 Å². The molecular weight excluding hydrogens is 258 g/mol. The zero-order valence-electron chi connectivity index (χ0n) is 10.9. The third-order valence-corrected chi connectivity index (χ3v) is 3.67. The van der Waals surface area contributed by atoms with Gasteiger partial charge >= 0.3 is 0 Å². The molecule has 0 fully saturated rings. The Morgan fingerprint density at radius 1 is 1.26 bits per heavy atom. The molecule has 0 radical (unpaired) electrons. The van der Waals surface area contributed by atoms with Gasteiger partial charge < -0.3 is 10.0 Å². The Balaban J connectivity index is 2.00. The molecule has 3 nitrogen and oxygen atoms in total. The summed E-state index contributed by atoms with van der Waals surface area (Å²) in [6, 6.07) is 7.31. The Hall–Kier alpha value is -1.26. The minimum atomic E-state index is 0.0759. The molecule has 2 rings (SSSR count). The fraction of sp³-hybridized carbons (Fsp3) is 0.400. The summed E-state index contributed by atoms with van der Waals surface area (Å²) in [5.74, 6) is 0.0759. The molecule has 1 aliphatic heterocycles. The molecule has 0 aromatic heterocycles. The molecule has 0 unspecified atom stereocenters. The SMILES string of the molecule is O=C(c1ccc(S)cc1)N1CCC=C(CCO)CC1. The molecule has 0 bridgehead atoms. The van der Waals surface area contributed by atoms with Crippen LogP contribution in [-0.2, 0) is 0 Å². The maximum absolute atomic E-state index is 12.4. The van der Waals surface area contributed by atoms with Gasteiger partial charge in [-0.25, -0.2) is 0 Å². The highest BCUT2D eigenvalue weighted by Crippen LogP contribution is 2.17. The minimum Gasteiger partial charge on any atom is -0.396 e. The van der Waals surface area contributed by atoms with E-state index in [1.54, 1.807) is 0 Å². The van der Waals surface area contributed by atoms with E-state index in [-0.39, 0.29) is 12.5 Å². The van der Waals surface area contributed by atoms with E-state index in [0.717, 1.165) is 37.2 Å². The topological polar surface area (TPSA) is 40.5 Å². The summed E-state index contributed by atoms with van der Waals surface area (Å²) in [5.41, 5.74) is 1.96. The molecule has 0 saturated heterocycles. The Bertz CT molecular complexity index is 468.